The van der Waals surface area contributed by atoms with Gasteiger partial charge in [0.2, 0.25) is 0 Å². The van der Waals surface area contributed by atoms with Crippen LogP contribution in [0.4, 0.5) is 0 Å². The maximum absolute atomic E-state index is 9.29. The molecule has 78 valence electrons. The van der Waals surface area contributed by atoms with Crippen LogP contribution in [0.3, 0.4) is 0 Å². The van der Waals surface area contributed by atoms with E-state index in [1.807, 2.05) is 11.8 Å². The van der Waals surface area contributed by atoms with E-state index in [-0.39, 0.29) is 12.1 Å². The Bertz CT molecular complexity index is 150. The van der Waals surface area contributed by atoms with Crippen LogP contribution >= 0.6 is 11.8 Å². The van der Waals surface area contributed by atoms with Crippen molar-refractivity contribution in [3.05, 3.63) is 0 Å². The minimum atomic E-state index is -0.0384. The van der Waals surface area contributed by atoms with E-state index in [9.17, 15) is 5.11 Å². The highest BCUT2D eigenvalue weighted by molar-refractivity contribution is 7.99. The van der Waals surface area contributed by atoms with Crippen molar-refractivity contribution in [1.82, 2.24) is 5.32 Å². The minimum Gasteiger partial charge on any atom is -0.394 e. The van der Waals surface area contributed by atoms with E-state index >= 15 is 0 Å². The number of hydrogen-bond donors (Lipinski definition) is 2. The topological polar surface area (TPSA) is 32.3 Å². The quantitative estimate of drug-likeness (QED) is 0.617. The summed E-state index contributed by atoms with van der Waals surface area (Å²) < 4.78 is 0. The van der Waals surface area contributed by atoms with E-state index in [4.69, 9.17) is 0 Å². The van der Waals surface area contributed by atoms with Crippen LogP contribution in [0.1, 0.15) is 33.1 Å². The first-order valence-corrected chi connectivity index (χ1v) is 6.32. The van der Waals surface area contributed by atoms with Crippen LogP contribution in [0.2, 0.25) is 0 Å². The van der Waals surface area contributed by atoms with Gasteiger partial charge in [0, 0.05) is 11.6 Å². The Labute approximate surface area is 85.5 Å². The first-order chi connectivity index (χ1) is 6.20. The van der Waals surface area contributed by atoms with Crippen molar-refractivity contribution >= 4 is 11.8 Å². The van der Waals surface area contributed by atoms with Crippen LogP contribution < -0.4 is 5.32 Å². The lowest BCUT2D eigenvalue weighted by Crippen LogP contribution is -2.47. The fourth-order valence-corrected chi connectivity index (χ4v) is 2.24. The second-order valence-corrected chi connectivity index (χ2v) is 5.48. The highest BCUT2D eigenvalue weighted by atomic mass is 32.2. The molecule has 0 bridgehead atoms. The molecule has 0 heterocycles. The van der Waals surface area contributed by atoms with Gasteiger partial charge in [0.15, 0.2) is 0 Å². The van der Waals surface area contributed by atoms with Gasteiger partial charge in [-0.2, -0.15) is 11.8 Å². The van der Waals surface area contributed by atoms with Crippen molar-refractivity contribution in [2.24, 2.45) is 0 Å². The van der Waals surface area contributed by atoms with Crippen LogP contribution in [0.5, 0.6) is 0 Å². The van der Waals surface area contributed by atoms with Crippen LogP contribution in [-0.4, -0.2) is 34.8 Å². The number of thioether (sulfide) groups is 1. The fraction of sp³-hybridized carbons (Fsp3) is 1.00. The number of rotatable bonds is 7. The Balaban J connectivity index is 2.20. The SMILES string of the molecule is CCSCCC(C)(CO)NC1CC1. The Morgan fingerprint density at radius 2 is 2.23 bits per heavy atom. The third kappa shape index (κ3) is 4.34. The standard InChI is InChI=1S/C10H21NOS/c1-3-13-7-6-10(2,8-12)11-9-4-5-9/h9,11-12H,3-8H2,1-2H3. The van der Waals surface area contributed by atoms with E-state index < -0.39 is 0 Å². The summed E-state index contributed by atoms with van der Waals surface area (Å²) in [4.78, 5) is 0. The van der Waals surface area contributed by atoms with Crippen molar-refractivity contribution < 1.29 is 5.11 Å². The summed E-state index contributed by atoms with van der Waals surface area (Å²) >= 11 is 1.95. The Morgan fingerprint density at radius 3 is 2.69 bits per heavy atom. The summed E-state index contributed by atoms with van der Waals surface area (Å²) in [6.45, 7) is 4.56. The number of aliphatic hydroxyl groups excluding tert-OH is 1. The Hall–Kier alpha value is 0.270. The van der Waals surface area contributed by atoms with Crippen molar-refractivity contribution in [1.29, 1.82) is 0 Å². The molecule has 1 fully saturated rings. The second kappa shape index (κ2) is 5.23. The van der Waals surface area contributed by atoms with Gasteiger partial charge in [-0.1, -0.05) is 6.92 Å². The zero-order valence-corrected chi connectivity index (χ0v) is 9.49. The molecule has 1 aliphatic carbocycles. The average Bonchev–Trinajstić information content (AvgIpc) is 2.89. The normalized spacial score (nSPS) is 21.5. The average molecular weight is 203 g/mol. The maximum atomic E-state index is 9.29. The first kappa shape index (κ1) is 11.3. The summed E-state index contributed by atoms with van der Waals surface area (Å²) in [6, 6.07) is 0.684. The number of nitrogens with one attached hydrogen (secondary N) is 1. The lowest BCUT2D eigenvalue weighted by molar-refractivity contribution is 0.169. The summed E-state index contributed by atoms with van der Waals surface area (Å²) in [7, 11) is 0. The molecule has 3 heteroatoms. The summed E-state index contributed by atoms with van der Waals surface area (Å²) in [5, 5.41) is 12.8. The predicted octanol–water partition coefficient (Wildman–Crippen LogP) is 1.63. The molecular formula is C10H21NOS. The zero-order chi connectivity index (χ0) is 9.73. The van der Waals surface area contributed by atoms with Gasteiger partial charge in [-0.05, 0) is 37.7 Å². The van der Waals surface area contributed by atoms with Crippen molar-refractivity contribution in [2.45, 2.75) is 44.7 Å². The molecule has 0 aromatic heterocycles. The smallest absolute Gasteiger partial charge is 0.0610 e. The molecule has 1 atom stereocenters. The third-order valence-corrected chi connectivity index (χ3v) is 3.38. The van der Waals surface area contributed by atoms with E-state index in [0.717, 1.165) is 12.2 Å². The van der Waals surface area contributed by atoms with Crippen molar-refractivity contribution in [2.75, 3.05) is 18.1 Å². The van der Waals surface area contributed by atoms with Gasteiger partial charge in [-0.15, -0.1) is 0 Å². The summed E-state index contributed by atoms with van der Waals surface area (Å²) in [5.41, 5.74) is -0.0384. The third-order valence-electron chi connectivity index (χ3n) is 2.48. The predicted molar refractivity (Wildman–Crippen MR) is 59.3 cm³/mol. The number of hydrogen-bond acceptors (Lipinski definition) is 3. The van der Waals surface area contributed by atoms with Gasteiger partial charge < -0.3 is 10.4 Å². The zero-order valence-electron chi connectivity index (χ0n) is 8.68. The summed E-state index contributed by atoms with van der Waals surface area (Å²) in [5.74, 6) is 2.32. The summed E-state index contributed by atoms with van der Waals surface area (Å²) in [6.07, 6.45) is 3.64. The van der Waals surface area contributed by atoms with Gasteiger partial charge in [0.1, 0.15) is 0 Å². The molecule has 1 aliphatic rings. The molecule has 0 aromatic carbocycles. The maximum Gasteiger partial charge on any atom is 0.0610 e. The van der Waals surface area contributed by atoms with Crippen LogP contribution in [0.25, 0.3) is 0 Å². The molecule has 2 nitrogen and oxygen atoms in total. The Morgan fingerprint density at radius 1 is 1.54 bits per heavy atom. The lowest BCUT2D eigenvalue weighted by Gasteiger charge is -2.28. The molecule has 0 aliphatic heterocycles. The Kier molecular flexibility index (Phi) is 4.56. The van der Waals surface area contributed by atoms with Gasteiger partial charge in [-0.25, -0.2) is 0 Å². The molecule has 1 unspecified atom stereocenters. The highest BCUT2D eigenvalue weighted by Crippen LogP contribution is 2.24. The second-order valence-electron chi connectivity index (χ2n) is 4.08. The molecule has 0 aromatic rings. The largest absolute Gasteiger partial charge is 0.394 e. The monoisotopic (exact) mass is 203 g/mol. The molecule has 2 N–H and O–H groups in total. The number of aliphatic hydroxyl groups is 1. The molecule has 13 heavy (non-hydrogen) atoms. The van der Waals surface area contributed by atoms with Gasteiger partial charge in [-0.3, -0.25) is 0 Å². The van der Waals surface area contributed by atoms with E-state index in [1.54, 1.807) is 0 Å². The van der Waals surface area contributed by atoms with Gasteiger partial charge >= 0.3 is 0 Å². The van der Waals surface area contributed by atoms with Gasteiger partial charge in [0.25, 0.3) is 0 Å². The van der Waals surface area contributed by atoms with Crippen molar-refractivity contribution in [3.8, 4) is 0 Å². The molecule has 0 radical (unpaired) electrons. The molecule has 1 rings (SSSR count). The minimum absolute atomic E-state index is 0.0384. The lowest BCUT2D eigenvalue weighted by atomic mass is 10.0. The molecule has 0 saturated heterocycles. The van der Waals surface area contributed by atoms with Crippen molar-refractivity contribution in [3.63, 3.8) is 0 Å². The first-order valence-electron chi connectivity index (χ1n) is 5.16. The van der Waals surface area contributed by atoms with Crippen LogP contribution in [0, 0.1) is 0 Å². The fourth-order valence-electron chi connectivity index (χ4n) is 1.36. The molecule has 0 amide bonds. The van der Waals surface area contributed by atoms with Gasteiger partial charge in [0.05, 0.1) is 6.61 Å². The molecular weight excluding hydrogens is 182 g/mol. The van der Waals surface area contributed by atoms with E-state index in [0.29, 0.717) is 6.04 Å². The molecule has 1 saturated carbocycles. The van der Waals surface area contributed by atoms with Crippen LogP contribution in [-0.2, 0) is 0 Å². The highest BCUT2D eigenvalue weighted by Gasteiger charge is 2.31. The molecule has 0 spiro atoms. The van der Waals surface area contributed by atoms with Crippen LogP contribution in [0.15, 0.2) is 0 Å². The van der Waals surface area contributed by atoms with E-state index in [1.165, 1.54) is 18.6 Å². The van der Waals surface area contributed by atoms with E-state index in [2.05, 4.69) is 19.2 Å².